The molecule has 0 saturated heterocycles. The number of benzene rings is 2. The molecule has 0 aliphatic rings. The number of aliphatic hydroxyl groups excluding tert-OH is 1. The van der Waals surface area contributed by atoms with Gasteiger partial charge in [0.25, 0.3) is 0 Å². The summed E-state index contributed by atoms with van der Waals surface area (Å²) in [6, 6.07) is 12.3. The van der Waals surface area contributed by atoms with Crippen molar-refractivity contribution < 1.29 is 14.3 Å². The number of nitrogens with one attached hydrogen (secondary N) is 1. The number of nitrogens with zero attached hydrogens (tertiary/aromatic N) is 4. The molecule has 5 aromatic rings. The topological polar surface area (TPSA) is 107 Å². The molecule has 162 valence electrons. The minimum atomic E-state index is -0.469. The number of hydrogen-bond donors (Lipinski definition) is 2. The molecule has 0 aliphatic carbocycles. The lowest BCUT2D eigenvalue weighted by Gasteiger charge is -2.12. The summed E-state index contributed by atoms with van der Waals surface area (Å²) in [6.07, 6.45) is 3.33. The summed E-state index contributed by atoms with van der Waals surface area (Å²) < 4.78 is 14.5. The molecule has 0 amide bonds. The molecule has 32 heavy (non-hydrogen) atoms. The van der Waals surface area contributed by atoms with Crippen LogP contribution in [0.5, 0.6) is 11.5 Å². The molecule has 0 saturated carbocycles. The molecule has 9 nitrogen and oxygen atoms in total. The fraction of sp³-hybridized carbons (Fsp3) is 0.136. The molecular weight excluding hydrogens is 434 g/mol. The van der Waals surface area contributed by atoms with Crippen LogP contribution < -0.4 is 15.8 Å². The molecule has 0 fully saturated rings. The molecule has 2 aromatic carbocycles. The van der Waals surface area contributed by atoms with Crippen molar-refractivity contribution in [2.24, 2.45) is 7.05 Å². The lowest BCUT2D eigenvalue weighted by atomic mass is 10.2. The van der Waals surface area contributed by atoms with Gasteiger partial charge in [0.2, 0.25) is 0 Å². The number of anilines is 2. The summed E-state index contributed by atoms with van der Waals surface area (Å²) in [4.78, 5) is 20.5. The Labute approximate surface area is 186 Å². The van der Waals surface area contributed by atoms with E-state index in [0.29, 0.717) is 45.7 Å². The summed E-state index contributed by atoms with van der Waals surface area (Å²) in [5.74, 6) is 1.01. The van der Waals surface area contributed by atoms with Gasteiger partial charge >= 0.3 is 5.76 Å². The first-order valence-electron chi connectivity index (χ1n) is 9.79. The van der Waals surface area contributed by atoms with Crippen molar-refractivity contribution in [2.75, 3.05) is 11.9 Å². The van der Waals surface area contributed by atoms with Crippen molar-refractivity contribution in [2.45, 2.75) is 6.54 Å². The third-order valence-corrected chi connectivity index (χ3v) is 5.37. The van der Waals surface area contributed by atoms with Crippen LogP contribution in [0.2, 0.25) is 5.02 Å². The van der Waals surface area contributed by atoms with Crippen LogP contribution in [0.3, 0.4) is 0 Å². The highest BCUT2D eigenvalue weighted by molar-refractivity contribution is 6.32. The minimum absolute atomic E-state index is 0.00495. The second-order valence-corrected chi connectivity index (χ2v) is 7.50. The van der Waals surface area contributed by atoms with Crippen molar-refractivity contribution in [3.63, 3.8) is 0 Å². The van der Waals surface area contributed by atoms with Gasteiger partial charge in [-0.2, -0.15) is 0 Å². The first-order valence-corrected chi connectivity index (χ1v) is 10.2. The molecule has 5 rings (SSSR count). The van der Waals surface area contributed by atoms with E-state index in [4.69, 9.17) is 20.8 Å². The van der Waals surface area contributed by atoms with Crippen LogP contribution in [0.4, 0.5) is 11.5 Å². The van der Waals surface area contributed by atoms with E-state index in [1.54, 1.807) is 37.4 Å². The van der Waals surface area contributed by atoms with E-state index >= 15 is 0 Å². The molecule has 0 atom stereocenters. The first-order chi connectivity index (χ1) is 15.5. The molecular formula is C22H18ClN5O4. The number of rotatable bonds is 6. The Balaban J connectivity index is 1.46. The maximum Gasteiger partial charge on any atom is 0.419 e. The number of fused-ring (bicyclic) bond motifs is 2. The van der Waals surface area contributed by atoms with Gasteiger partial charge in [0, 0.05) is 25.5 Å². The average Bonchev–Trinajstić information content (AvgIpc) is 3.32. The zero-order valence-electron chi connectivity index (χ0n) is 16.9. The van der Waals surface area contributed by atoms with Crippen molar-refractivity contribution in [3.8, 4) is 11.5 Å². The third-order valence-electron chi connectivity index (χ3n) is 5.07. The highest BCUT2D eigenvalue weighted by Gasteiger charge is 2.15. The van der Waals surface area contributed by atoms with Gasteiger partial charge in [-0.15, -0.1) is 0 Å². The second kappa shape index (κ2) is 8.03. The second-order valence-electron chi connectivity index (χ2n) is 7.09. The number of para-hydroxylation sites is 1. The summed E-state index contributed by atoms with van der Waals surface area (Å²) in [7, 11) is 1.62. The molecule has 0 bridgehead atoms. The van der Waals surface area contributed by atoms with Gasteiger partial charge in [0.05, 0.1) is 17.1 Å². The van der Waals surface area contributed by atoms with Gasteiger partial charge in [0.15, 0.2) is 17.2 Å². The summed E-state index contributed by atoms with van der Waals surface area (Å²) in [6.45, 7) is 0.437. The normalized spacial score (nSPS) is 11.3. The number of hydrogen-bond acceptors (Lipinski definition) is 7. The third kappa shape index (κ3) is 3.47. The highest BCUT2D eigenvalue weighted by atomic mass is 35.5. The predicted octanol–water partition coefficient (Wildman–Crippen LogP) is 4.06. The quantitative estimate of drug-likeness (QED) is 0.401. The molecule has 2 N–H and O–H groups in total. The Hall–Kier alpha value is -3.82. The van der Waals surface area contributed by atoms with Gasteiger partial charge in [-0.1, -0.05) is 17.7 Å². The van der Waals surface area contributed by atoms with E-state index in [1.807, 2.05) is 22.9 Å². The summed E-state index contributed by atoms with van der Waals surface area (Å²) in [5, 5.41) is 12.9. The standard InChI is InChI=1S/C22H18ClN5O4/c1-27-20-17(3-2-4-18(20)32-22(27)30)31-16-6-5-13(11-14(16)23)26-21-19-15(24-12-25-21)7-8-28(19)9-10-29/h2-8,11-12,29H,9-10H2,1H3,(H,24,25,26). The van der Waals surface area contributed by atoms with E-state index in [9.17, 15) is 9.90 Å². The minimum Gasteiger partial charge on any atom is -0.453 e. The SMILES string of the molecule is Cn1c(=O)oc2cccc(Oc3ccc(Nc4ncnc5ccn(CCO)c45)cc3Cl)c21. The van der Waals surface area contributed by atoms with Gasteiger partial charge in [-0.05, 0) is 36.4 Å². The molecule has 0 spiro atoms. The van der Waals surface area contributed by atoms with Crippen LogP contribution in [0.15, 0.2) is 64.2 Å². The van der Waals surface area contributed by atoms with Crippen molar-refractivity contribution >= 4 is 45.2 Å². The Morgan fingerprint density at radius 3 is 2.84 bits per heavy atom. The van der Waals surface area contributed by atoms with Crippen LogP contribution >= 0.6 is 11.6 Å². The van der Waals surface area contributed by atoms with E-state index in [1.165, 1.54) is 10.9 Å². The Bertz CT molecular complexity index is 1500. The van der Waals surface area contributed by atoms with Crippen molar-refractivity contribution in [1.82, 2.24) is 19.1 Å². The zero-order chi connectivity index (χ0) is 22.2. The van der Waals surface area contributed by atoms with Crippen molar-refractivity contribution in [1.29, 1.82) is 0 Å². The Morgan fingerprint density at radius 2 is 2.03 bits per heavy atom. The van der Waals surface area contributed by atoms with Crippen molar-refractivity contribution in [3.05, 3.63) is 70.6 Å². The van der Waals surface area contributed by atoms with E-state index in [0.717, 1.165) is 11.0 Å². The smallest absolute Gasteiger partial charge is 0.419 e. The molecule has 0 aliphatic heterocycles. The Kier molecular flexibility index (Phi) is 5.04. The summed E-state index contributed by atoms with van der Waals surface area (Å²) >= 11 is 6.49. The number of aliphatic hydroxyl groups is 1. The monoisotopic (exact) mass is 451 g/mol. The molecule has 0 unspecified atom stereocenters. The highest BCUT2D eigenvalue weighted by Crippen LogP contribution is 2.35. The number of aromatic nitrogens is 4. The van der Waals surface area contributed by atoms with Crippen LogP contribution in [0.1, 0.15) is 0 Å². The van der Waals surface area contributed by atoms with Crippen LogP contribution in [0.25, 0.3) is 22.1 Å². The lowest BCUT2D eigenvalue weighted by molar-refractivity contribution is 0.278. The van der Waals surface area contributed by atoms with E-state index < -0.39 is 5.76 Å². The summed E-state index contributed by atoms with van der Waals surface area (Å²) in [5.41, 5.74) is 3.23. The van der Waals surface area contributed by atoms with E-state index in [2.05, 4.69) is 15.3 Å². The molecule has 0 radical (unpaired) electrons. The van der Waals surface area contributed by atoms with Crippen LogP contribution in [0, 0.1) is 0 Å². The fourth-order valence-corrected chi connectivity index (χ4v) is 3.81. The molecule has 10 heteroatoms. The predicted molar refractivity (Wildman–Crippen MR) is 121 cm³/mol. The average molecular weight is 452 g/mol. The number of halogens is 1. The van der Waals surface area contributed by atoms with Gasteiger partial charge in [0.1, 0.15) is 23.1 Å². The zero-order valence-corrected chi connectivity index (χ0v) is 17.7. The first kappa shape index (κ1) is 20.1. The number of ether oxygens (including phenoxy) is 1. The molecule has 3 aromatic heterocycles. The van der Waals surface area contributed by atoms with Crippen LogP contribution in [-0.2, 0) is 13.6 Å². The maximum atomic E-state index is 11.8. The van der Waals surface area contributed by atoms with Gasteiger partial charge < -0.3 is 24.1 Å². The van der Waals surface area contributed by atoms with Gasteiger partial charge in [-0.3, -0.25) is 4.57 Å². The number of oxazole rings is 1. The largest absolute Gasteiger partial charge is 0.453 e. The van der Waals surface area contributed by atoms with E-state index in [-0.39, 0.29) is 6.61 Å². The lowest BCUT2D eigenvalue weighted by Crippen LogP contribution is -2.08. The molecule has 3 heterocycles. The number of aryl methyl sites for hydroxylation is 1. The Morgan fingerprint density at radius 1 is 1.16 bits per heavy atom. The van der Waals surface area contributed by atoms with Crippen LogP contribution in [-0.4, -0.2) is 30.8 Å². The maximum absolute atomic E-state index is 11.8. The van der Waals surface area contributed by atoms with Gasteiger partial charge in [-0.25, -0.2) is 14.8 Å². The fourth-order valence-electron chi connectivity index (χ4n) is 3.59.